The van der Waals surface area contributed by atoms with Crippen molar-refractivity contribution in [3.05, 3.63) is 27.7 Å². The summed E-state index contributed by atoms with van der Waals surface area (Å²) in [6.07, 6.45) is 0. The first-order chi connectivity index (χ1) is 9.17. The molecule has 7 nitrogen and oxygen atoms in total. The lowest BCUT2D eigenvalue weighted by Gasteiger charge is -2.35. The quantitative estimate of drug-likeness (QED) is 0.150. The summed E-state index contributed by atoms with van der Waals surface area (Å²) in [6.45, 7) is 0.928. The molecule has 0 bridgehead atoms. The standard InChI is InChI=1S/C10H10ClIN6O/c11-8-2-1-7-10(15-8)17(4-3-14-16-13)5-9(19)18(7)6-12/h1-2H,3-6H2. The second-order valence-corrected chi connectivity index (χ2v) is 4.86. The number of nitrogens with zero attached hydrogens (tertiary/aromatic N) is 6. The molecule has 0 spiro atoms. The zero-order valence-electron chi connectivity index (χ0n) is 9.83. The summed E-state index contributed by atoms with van der Waals surface area (Å²) in [6, 6.07) is 3.44. The maximum atomic E-state index is 12.0. The van der Waals surface area contributed by atoms with Gasteiger partial charge in [0.05, 0.1) is 16.8 Å². The Bertz CT molecular complexity index is 547. The van der Waals surface area contributed by atoms with Gasteiger partial charge in [0.2, 0.25) is 5.91 Å². The Morgan fingerprint density at radius 1 is 1.58 bits per heavy atom. The van der Waals surface area contributed by atoms with Crippen molar-refractivity contribution in [2.45, 2.75) is 0 Å². The third kappa shape index (κ3) is 3.02. The number of amides is 1. The number of pyridine rings is 1. The topological polar surface area (TPSA) is 85.2 Å². The van der Waals surface area contributed by atoms with E-state index in [1.807, 2.05) is 0 Å². The highest BCUT2D eigenvalue weighted by Gasteiger charge is 2.29. The van der Waals surface area contributed by atoms with Gasteiger partial charge in [-0.3, -0.25) is 9.69 Å². The number of anilines is 2. The Morgan fingerprint density at radius 2 is 2.37 bits per heavy atom. The first kappa shape index (κ1) is 14.2. The lowest BCUT2D eigenvalue weighted by molar-refractivity contribution is -0.117. The molecule has 1 aromatic rings. The van der Waals surface area contributed by atoms with Gasteiger partial charge in [-0.2, -0.15) is 0 Å². The van der Waals surface area contributed by atoms with Gasteiger partial charge in [0, 0.05) is 18.0 Å². The largest absolute Gasteiger partial charge is 0.345 e. The van der Waals surface area contributed by atoms with Crippen LogP contribution in [0.2, 0.25) is 5.15 Å². The van der Waals surface area contributed by atoms with Gasteiger partial charge in [0.15, 0.2) is 5.82 Å². The van der Waals surface area contributed by atoms with Crippen LogP contribution in [0.15, 0.2) is 17.2 Å². The Labute approximate surface area is 128 Å². The molecule has 1 aliphatic heterocycles. The second kappa shape index (κ2) is 6.27. The molecule has 2 heterocycles. The van der Waals surface area contributed by atoms with Crippen LogP contribution < -0.4 is 9.80 Å². The molecule has 0 aromatic carbocycles. The summed E-state index contributed by atoms with van der Waals surface area (Å²) < 4.78 is 0.553. The average molecular weight is 393 g/mol. The molecule has 1 aliphatic rings. The molecule has 1 amide bonds. The molecule has 19 heavy (non-hydrogen) atoms. The first-order valence-electron chi connectivity index (χ1n) is 5.46. The Balaban J connectivity index is 2.35. The molecule has 1 aromatic heterocycles. The Morgan fingerprint density at radius 3 is 3.05 bits per heavy atom. The zero-order valence-corrected chi connectivity index (χ0v) is 12.7. The Kier molecular flexibility index (Phi) is 4.67. The average Bonchev–Trinajstić information content (AvgIpc) is 2.39. The van der Waals surface area contributed by atoms with E-state index in [2.05, 4.69) is 37.6 Å². The number of carbonyl (C=O) groups is 1. The molecular weight excluding hydrogens is 383 g/mol. The number of halogens is 2. The predicted octanol–water partition coefficient (Wildman–Crippen LogP) is 2.59. The second-order valence-electron chi connectivity index (χ2n) is 3.79. The third-order valence-corrected chi connectivity index (χ3v) is 3.58. The van der Waals surface area contributed by atoms with Crippen LogP contribution in [0.3, 0.4) is 0 Å². The third-order valence-electron chi connectivity index (χ3n) is 2.69. The highest BCUT2D eigenvalue weighted by Crippen LogP contribution is 2.33. The van der Waals surface area contributed by atoms with Crippen LogP contribution in [0.5, 0.6) is 0 Å². The number of fused-ring (bicyclic) bond motifs is 1. The van der Waals surface area contributed by atoms with Crippen molar-refractivity contribution in [2.75, 3.05) is 34.0 Å². The number of alkyl halides is 1. The van der Waals surface area contributed by atoms with E-state index in [4.69, 9.17) is 17.1 Å². The van der Waals surface area contributed by atoms with Gasteiger partial charge >= 0.3 is 0 Å². The summed E-state index contributed by atoms with van der Waals surface area (Å²) in [5, 5.41) is 3.85. The number of aromatic nitrogens is 1. The number of azide groups is 1. The highest BCUT2D eigenvalue weighted by atomic mass is 127. The molecular formula is C10H10ClIN6O. The van der Waals surface area contributed by atoms with Gasteiger partial charge in [-0.05, 0) is 17.7 Å². The highest BCUT2D eigenvalue weighted by molar-refractivity contribution is 14.1. The van der Waals surface area contributed by atoms with Crippen LogP contribution in [0.1, 0.15) is 0 Å². The molecule has 0 fully saturated rings. The van der Waals surface area contributed by atoms with Crippen LogP contribution in [0, 0.1) is 0 Å². The molecule has 100 valence electrons. The van der Waals surface area contributed by atoms with Crippen molar-refractivity contribution in [3.63, 3.8) is 0 Å². The van der Waals surface area contributed by atoms with Crippen LogP contribution in [-0.2, 0) is 4.79 Å². The number of carbonyl (C=O) groups excluding carboxylic acids is 1. The van der Waals surface area contributed by atoms with Gasteiger partial charge < -0.3 is 4.90 Å². The van der Waals surface area contributed by atoms with E-state index in [1.165, 1.54) is 0 Å². The monoisotopic (exact) mass is 392 g/mol. The van der Waals surface area contributed by atoms with E-state index < -0.39 is 0 Å². The van der Waals surface area contributed by atoms with Gasteiger partial charge in [0.1, 0.15) is 5.15 Å². The summed E-state index contributed by atoms with van der Waals surface area (Å²) in [5.74, 6) is 0.642. The van der Waals surface area contributed by atoms with E-state index in [-0.39, 0.29) is 19.0 Å². The normalized spacial score (nSPS) is 14.1. The fourth-order valence-corrected chi connectivity index (χ4v) is 2.74. The smallest absolute Gasteiger partial charge is 0.247 e. The summed E-state index contributed by atoms with van der Waals surface area (Å²) in [5.41, 5.74) is 9.03. The summed E-state index contributed by atoms with van der Waals surface area (Å²) in [4.78, 5) is 22.4. The minimum atomic E-state index is -0.00744. The van der Waals surface area contributed by atoms with Crippen molar-refractivity contribution in [3.8, 4) is 0 Å². The van der Waals surface area contributed by atoms with Crippen molar-refractivity contribution in [2.24, 2.45) is 5.11 Å². The number of rotatable bonds is 4. The van der Waals surface area contributed by atoms with E-state index in [0.29, 0.717) is 22.1 Å². The zero-order chi connectivity index (χ0) is 13.8. The number of hydrogen-bond donors (Lipinski definition) is 0. The minimum Gasteiger partial charge on any atom is -0.345 e. The fourth-order valence-electron chi connectivity index (χ4n) is 1.85. The maximum Gasteiger partial charge on any atom is 0.247 e. The van der Waals surface area contributed by atoms with Crippen molar-refractivity contribution in [1.29, 1.82) is 0 Å². The lowest BCUT2D eigenvalue weighted by atomic mass is 10.2. The van der Waals surface area contributed by atoms with Crippen molar-refractivity contribution >= 4 is 51.6 Å². The van der Waals surface area contributed by atoms with E-state index in [9.17, 15) is 4.79 Å². The lowest BCUT2D eigenvalue weighted by Crippen LogP contribution is -2.46. The number of hydrogen-bond acceptors (Lipinski definition) is 4. The van der Waals surface area contributed by atoms with E-state index in [0.717, 1.165) is 5.69 Å². The molecule has 0 saturated heterocycles. The predicted molar refractivity (Wildman–Crippen MR) is 81.8 cm³/mol. The van der Waals surface area contributed by atoms with Crippen LogP contribution in [-0.4, -0.2) is 35.1 Å². The summed E-state index contributed by atoms with van der Waals surface area (Å²) >= 11 is 8.03. The van der Waals surface area contributed by atoms with Gasteiger partial charge in [-0.15, -0.1) is 0 Å². The van der Waals surface area contributed by atoms with Crippen LogP contribution in [0.25, 0.3) is 10.4 Å². The fraction of sp³-hybridized carbons (Fsp3) is 0.400. The van der Waals surface area contributed by atoms with Crippen molar-refractivity contribution < 1.29 is 4.79 Å². The molecule has 0 aliphatic carbocycles. The van der Waals surface area contributed by atoms with Gasteiger partial charge in [-0.1, -0.05) is 39.3 Å². The van der Waals surface area contributed by atoms with Crippen LogP contribution in [0.4, 0.5) is 11.5 Å². The van der Waals surface area contributed by atoms with Crippen molar-refractivity contribution in [1.82, 2.24) is 4.98 Å². The molecule has 2 rings (SSSR count). The molecule has 0 radical (unpaired) electrons. The molecule has 0 N–H and O–H groups in total. The maximum absolute atomic E-state index is 12.0. The van der Waals surface area contributed by atoms with E-state index >= 15 is 0 Å². The molecule has 0 unspecified atom stereocenters. The SMILES string of the molecule is [N-]=[N+]=NCCN1CC(=O)N(CI)c2ccc(Cl)nc21. The molecule has 0 saturated carbocycles. The minimum absolute atomic E-state index is 0.00744. The first-order valence-corrected chi connectivity index (χ1v) is 7.36. The van der Waals surface area contributed by atoms with Gasteiger partial charge in [0.25, 0.3) is 0 Å². The molecule has 0 atom stereocenters. The van der Waals surface area contributed by atoms with Gasteiger partial charge in [-0.25, -0.2) is 4.98 Å². The van der Waals surface area contributed by atoms with E-state index in [1.54, 1.807) is 21.9 Å². The summed E-state index contributed by atoms with van der Waals surface area (Å²) in [7, 11) is 0. The molecule has 9 heteroatoms. The van der Waals surface area contributed by atoms with Crippen LogP contribution >= 0.6 is 34.2 Å². The Hall–Kier alpha value is -1.25.